The topological polar surface area (TPSA) is 105 Å². The number of hydrogen-bond acceptors (Lipinski definition) is 5. The van der Waals surface area contributed by atoms with E-state index >= 15 is 0 Å². The molecule has 0 saturated heterocycles. The molecule has 0 radical (unpaired) electrons. The van der Waals surface area contributed by atoms with Gasteiger partial charge in [-0.15, -0.1) is 0 Å². The van der Waals surface area contributed by atoms with Crippen LogP contribution in [-0.4, -0.2) is 35.5 Å². The second kappa shape index (κ2) is 10.5. The van der Waals surface area contributed by atoms with E-state index in [1.165, 1.54) is 6.08 Å². The molecule has 0 aliphatic heterocycles. The number of carboxylic acids is 1. The Labute approximate surface area is 176 Å². The van der Waals surface area contributed by atoms with Crippen molar-refractivity contribution in [3.8, 4) is 5.75 Å². The number of hydrogen-bond donors (Lipinski definition) is 3. The van der Waals surface area contributed by atoms with Gasteiger partial charge in [-0.1, -0.05) is 49.8 Å². The van der Waals surface area contributed by atoms with E-state index in [1.807, 2.05) is 19.1 Å². The van der Waals surface area contributed by atoms with Crippen molar-refractivity contribution in [2.45, 2.75) is 26.9 Å². The molecular weight excluding hydrogens is 386 g/mol. The number of aliphatic carboxylic acids is 1. The van der Waals surface area contributed by atoms with Crippen molar-refractivity contribution in [2.75, 3.05) is 18.5 Å². The molecule has 0 spiro atoms. The van der Waals surface area contributed by atoms with Crippen molar-refractivity contribution in [3.63, 3.8) is 0 Å². The maximum Gasteiger partial charge on any atom is 0.412 e. The lowest BCUT2D eigenvalue weighted by Gasteiger charge is -2.31. The van der Waals surface area contributed by atoms with E-state index in [9.17, 15) is 9.59 Å². The summed E-state index contributed by atoms with van der Waals surface area (Å²) in [6, 6.07) is 14.2. The summed E-state index contributed by atoms with van der Waals surface area (Å²) in [4.78, 5) is 23.6. The standard InChI is InChI=1S/C23H27NO6/c1-16-7-9-18(10-8-16)24-22(28)30-21(23(2,3)12-11-20(26)27)17-5-4-6-19(15-17)29-14-13-25/h4-12,15,21,25H,13-14H2,1-3H3,(H,24,28)(H,26,27)/b12-11+/t21-/m0/s1. The van der Waals surface area contributed by atoms with Crippen LogP contribution in [0.2, 0.25) is 0 Å². The van der Waals surface area contributed by atoms with Crippen molar-refractivity contribution in [3.05, 3.63) is 71.8 Å². The van der Waals surface area contributed by atoms with Gasteiger partial charge in [0.15, 0.2) is 0 Å². The Morgan fingerprint density at radius 1 is 1.17 bits per heavy atom. The van der Waals surface area contributed by atoms with E-state index < -0.39 is 23.6 Å². The predicted octanol–water partition coefficient (Wildman–Crippen LogP) is 4.32. The molecule has 2 rings (SSSR count). The van der Waals surface area contributed by atoms with Gasteiger partial charge in [0.25, 0.3) is 0 Å². The van der Waals surface area contributed by atoms with Gasteiger partial charge < -0.3 is 19.7 Å². The van der Waals surface area contributed by atoms with Gasteiger partial charge in [-0.3, -0.25) is 5.32 Å². The molecule has 0 aromatic heterocycles. The first-order valence-corrected chi connectivity index (χ1v) is 9.51. The molecule has 0 bridgehead atoms. The summed E-state index contributed by atoms with van der Waals surface area (Å²) >= 11 is 0. The van der Waals surface area contributed by atoms with E-state index in [1.54, 1.807) is 50.2 Å². The highest BCUT2D eigenvalue weighted by Crippen LogP contribution is 2.39. The zero-order valence-corrected chi connectivity index (χ0v) is 17.3. The van der Waals surface area contributed by atoms with E-state index in [-0.39, 0.29) is 13.2 Å². The minimum absolute atomic E-state index is 0.129. The van der Waals surface area contributed by atoms with Crippen LogP contribution in [0.15, 0.2) is 60.7 Å². The third-order valence-corrected chi connectivity index (χ3v) is 4.37. The molecule has 0 aliphatic carbocycles. The smallest absolute Gasteiger partial charge is 0.412 e. The highest BCUT2D eigenvalue weighted by molar-refractivity contribution is 5.85. The van der Waals surface area contributed by atoms with Gasteiger partial charge in [0.2, 0.25) is 0 Å². The van der Waals surface area contributed by atoms with E-state index in [4.69, 9.17) is 19.7 Å². The van der Waals surface area contributed by atoms with Crippen molar-refractivity contribution in [1.82, 2.24) is 0 Å². The van der Waals surface area contributed by atoms with Crippen LogP contribution in [0.1, 0.15) is 31.1 Å². The molecule has 2 aromatic rings. The first kappa shape index (κ1) is 23.0. The van der Waals surface area contributed by atoms with Crippen molar-refractivity contribution in [2.24, 2.45) is 5.41 Å². The number of nitrogens with one attached hydrogen (secondary N) is 1. The quantitative estimate of drug-likeness (QED) is 0.529. The fraction of sp³-hybridized carbons (Fsp3) is 0.304. The second-order valence-electron chi connectivity index (χ2n) is 7.41. The molecule has 0 heterocycles. The Bertz CT molecular complexity index is 889. The van der Waals surface area contributed by atoms with Crippen molar-refractivity contribution >= 4 is 17.7 Å². The summed E-state index contributed by atoms with van der Waals surface area (Å²) < 4.78 is 11.2. The van der Waals surface area contributed by atoms with E-state index in [0.29, 0.717) is 17.0 Å². The van der Waals surface area contributed by atoms with Crippen LogP contribution in [0.5, 0.6) is 5.75 Å². The molecule has 3 N–H and O–H groups in total. The van der Waals surface area contributed by atoms with Gasteiger partial charge >= 0.3 is 12.1 Å². The average Bonchev–Trinajstić information content (AvgIpc) is 2.71. The molecule has 0 saturated carbocycles. The number of aliphatic hydroxyl groups excluding tert-OH is 1. The number of rotatable bonds is 9. The molecule has 0 aliphatic rings. The molecule has 0 unspecified atom stereocenters. The summed E-state index contributed by atoms with van der Waals surface area (Å²) in [5.74, 6) is -0.585. The molecular formula is C23H27NO6. The number of benzene rings is 2. The Balaban J connectivity index is 2.30. The van der Waals surface area contributed by atoms with E-state index in [0.717, 1.165) is 11.6 Å². The van der Waals surface area contributed by atoms with Crippen molar-refractivity contribution in [1.29, 1.82) is 0 Å². The average molecular weight is 413 g/mol. The monoisotopic (exact) mass is 413 g/mol. The van der Waals surface area contributed by atoms with Gasteiger partial charge in [-0.2, -0.15) is 0 Å². The minimum Gasteiger partial charge on any atom is -0.491 e. The molecule has 7 nitrogen and oxygen atoms in total. The van der Waals surface area contributed by atoms with Gasteiger partial charge in [-0.05, 0) is 36.8 Å². The molecule has 1 amide bonds. The highest BCUT2D eigenvalue weighted by atomic mass is 16.6. The van der Waals surface area contributed by atoms with Gasteiger partial charge in [0, 0.05) is 17.2 Å². The molecule has 0 fully saturated rings. The predicted molar refractivity (Wildman–Crippen MR) is 114 cm³/mol. The molecule has 2 aromatic carbocycles. The molecule has 30 heavy (non-hydrogen) atoms. The summed E-state index contributed by atoms with van der Waals surface area (Å²) in [5, 5.41) is 20.7. The zero-order valence-electron chi connectivity index (χ0n) is 17.3. The van der Waals surface area contributed by atoms with Gasteiger partial charge in [0.1, 0.15) is 18.5 Å². The number of amides is 1. The zero-order chi connectivity index (χ0) is 22.1. The normalized spacial score (nSPS) is 12.4. The lowest BCUT2D eigenvalue weighted by molar-refractivity contribution is -0.131. The first-order chi connectivity index (χ1) is 14.2. The third-order valence-electron chi connectivity index (χ3n) is 4.37. The molecule has 160 valence electrons. The van der Waals surface area contributed by atoms with Gasteiger partial charge in [-0.25, -0.2) is 9.59 Å². The molecule has 7 heteroatoms. The maximum absolute atomic E-state index is 12.6. The number of aryl methyl sites for hydroxylation is 1. The lowest BCUT2D eigenvalue weighted by Crippen LogP contribution is -2.28. The minimum atomic E-state index is -1.09. The third kappa shape index (κ3) is 6.93. The Hall–Kier alpha value is -3.32. The number of anilines is 1. The van der Waals surface area contributed by atoms with Crippen LogP contribution < -0.4 is 10.1 Å². The fourth-order valence-electron chi connectivity index (χ4n) is 2.85. The first-order valence-electron chi connectivity index (χ1n) is 9.51. The summed E-state index contributed by atoms with van der Waals surface area (Å²) in [7, 11) is 0. The van der Waals surface area contributed by atoms with Crippen LogP contribution in [0.4, 0.5) is 10.5 Å². The Kier molecular flexibility index (Phi) is 8.00. The SMILES string of the molecule is Cc1ccc(NC(=O)O[C@@H](c2cccc(OCCO)c2)C(C)(C)/C=C/C(=O)O)cc1. The van der Waals surface area contributed by atoms with Gasteiger partial charge in [0.05, 0.1) is 6.61 Å². The van der Waals surface area contributed by atoms with Crippen LogP contribution in [0.3, 0.4) is 0 Å². The maximum atomic E-state index is 12.6. The number of carbonyl (C=O) groups excluding carboxylic acids is 1. The van der Waals surface area contributed by atoms with E-state index in [2.05, 4.69) is 5.32 Å². The summed E-state index contributed by atoms with van der Waals surface area (Å²) in [6.07, 6.45) is 1.05. The van der Waals surface area contributed by atoms with Crippen LogP contribution in [0.25, 0.3) is 0 Å². The number of ether oxygens (including phenoxy) is 2. The second-order valence-corrected chi connectivity index (χ2v) is 7.41. The lowest BCUT2D eigenvalue weighted by atomic mass is 9.82. The van der Waals surface area contributed by atoms with Crippen LogP contribution >= 0.6 is 0 Å². The summed E-state index contributed by atoms with van der Waals surface area (Å²) in [6.45, 7) is 5.50. The fourth-order valence-corrected chi connectivity index (χ4v) is 2.85. The molecule has 1 atom stereocenters. The number of aliphatic hydroxyl groups is 1. The Morgan fingerprint density at radius 3 is 2.50 bits per heavy atom. The Morgan fingerprint density at radius 2 is 1.87 bits per heavy atom. The summed E-state index contributed by atoms with van der Waals surface area (Å²) in [5.41, 5.74) is 1.44. The van der Waals surface area contributed by atoms with Crippen LogP contribution in [-0.2, 0) is 9.53 Å². The highest BCUT2D eigenvalue weighted by Gasteiger charge is 2.33. The number of carbonyl (C=O) groups is 2. The number of carboxylic acid groups (broad SMARTS) is 1. The van der Waals surface area contributed by atoms with Crippen LogP contribution in [0, 0.1) is 12.3 Å². The van der Waals surface area contributed by atoms with Crippen molar-refractivity contribution < 1.29 is 29.3 Å². The largest absolute Gasteiger partial charge is 0.491 e.